The second-order valence-electron chi connectivity index (χ2n) is 6.62. The molecule has 1 aromatic carbocycles. The van der Waals surface area contributed by atoms with Gasteiger partial charge in [-0.1, -0.05) is 26.0 Å². The monoisotopic (exact) mass is 458 g/mol. The zero-order valence-corrected chi connectivity index (χ0v) is 17.9. The van der Waals surface area contributed by atoms with Crippen molar-refractivity contribution in [3.63, 3.8) is 0 Å². The van der Waals surface area contributed by atoms with Crippen LogP contribution in [0.4, 0.5) is 5.69 Å². The summed E-state index contributed by atoms with van der Waals surface area (Å²) in [5.41, 5.74) is 2.14. The fourth-order valence-electron chi connectivity index (χ4n) is 2.69. The SMILES string of the molecule is CCNC(=NCc1ccc(N2CCCC2=O)cc1)NCCC(C)C.I. The van der Waals surface area contributed by atoms with Gasteiger partial charge in [-0.05, 0) is 43.4 Å². The van der Waals surface area contributed by atoms with Crippen LogP contribution in [0.2, 0.25) is 0 Å². The number of anilines is 1. The fourth-order valence-corrected chi connectivity index (χ4v) is 2.69. The normalized spacial score (nSPS) is 14.6. The van der Waals surface area contributed by atoms with Gasteiger partial charge >= 0.3 is 0 Å². The first kappa shape index (κ1) is 21.7. The first-order valence-electron chi connectivity index (χ1n) is 9.01. The molecule has 0 spiro atoms. The van der Waals surface area contributed by atoms with E-state index >= 15 is 0 Å². The number of hydrogen-bond donors (Lipinski definition) is 2. The number of rotatable bonds is 7. The van der Waals surface area contributed by atoms with Crippen molar-refractivity contribution in [2.24, 2.45) is 10.9 Å². The molecule has 1 saturated heterocycles. The third kappa shape index (κ3) is 7.22. The van der Waals surface area contributed by atoms with Gasteiger partial charge in [0, 0.05) is 31.7 Å². The van der Waals surface area contributed by atoms with Crippen LogP contribution in [0.1, 0.15) is 45.6 Å². The minimum Gasteiger partial charge on any atom is -0.357 e. The molecule has 140 valence electrons. The Hall–Kier alpha value is -1.31. The van der Waals surface area contributed by atoms with Gasteiger partial charge in [0.25, 0.3) is 0 Å². The molecule has 2 rings (SSSR count). The first-order chi connectivity index (χ1) is 11.6. The van der Waals surface area contributed by atoms with Gasteiger partial charge in [0.15, 0.2) is 5.96 Å². The lowest BCUT2D eigenvalue weighted by Gasteiger charge is -2.16. The quantitative estimate of drug-likeness (QED) is 0.374. The average molecular weight is 458 g/mol. The molecular weight excluding hydrogens is 427 g/mol. The van der Waals surface area contributed by atoms with Crippen LogP contribution in [0.25, 0.3) is 0 Å². The number of benzene rings is 1. The molecule has 1 aliphatic rings. The Morgan fingerprint density at radius 2 is 1.96 bits per heavy atom. The Balaban J connectivity index is 0.00000312. The first-order valence-corrected chi connectivity index (χ1v) is 9.01. The van der Waals surface area contributed by atoms with Crippen molar-refractivity contribution in [2.75, 3.05) is 24.5 Å². The van der Waals surface area contributed by atoms with Crippen LogP contribution in [0.3, 0.4) is 0 Å². The standard InChI is InChI=1S/C19H30N4O.HI/c1-4-20-19(21-12-11-15(2)3)22-14-16-7-9-17(10-8-16)23-13-5-6-18(23)24;/h7-10,15H,4-6,11-14H2,1-3H3,(H2,20,21,22);1H. The number of amides is 1. The molecule has 2 N–H and O–H groups in total. The number of carbonyl (C=O) groups is 1. The van der Waals surface area contributed by atoms with Gasteiger partial charge in [-0.15, -0.1) is 24.0 Å². The van der Waals surface area contributed by atoms with E-state index in [0.29, 0.717) is 18.9 Å². The predicted molar refractivity (Wildman–Crippen MR) is 116 cm³/mol. The summed E-state index contributed by atoms with van der Waals surface area (Å²) in [6.07, 6.45) is 2.75. The molecular formula is C19H31IN4O. The van der Waals surface area contributed by atoms with Crippen LogP contribution in [0.5, 0.6) is 0 Å². The summed E-state index contributed by atoms with van der Waals surface area (Å²) < 4.78 is 0. The summed E-state index contributed by atoms with van der Waals surface area (Å²) in [6, 6.07) is 8.16. The number of guanidine groups is 1. The summed E-state index contributed by atoms with van der Waals surface area (Å²) in [4.78, 5) is 18.3. The summed E-state index contributed by atoms with van der Waals surface area (Å²) in [6.45, 7) is 9.76. The van der Waals surface area contributed by atoms with Crippen molar-refractivity contribution in [2.45, 2.75) is 46.6 Å². The third-order valence-corrected chi connectivity index (χ3v) is 4.10. The molecule has 1 aromatic rings. The van der Waals surface area contributed by atoms with Gasteiger partial charge in [-0.2, -0.15) is 0 Å². The van der Waals surface area contributed by atoms with E-state index in [1.165, 1.54) is 0 Å². The smallest absolute Gasteiger partial charge is 0.227 e. The largest absolute Gasteiger partial charge is 0.357 e. The van der Waals surface area contributed by atoms with Crippen LogP contribution in [-0.2, 0) is 11.3 Å². The molecule has 1 aliphatic heterocycles. The molecule has 6 heteroatoms. The number of nitrogens with one attached hydrogen (secondary N) is 2. The molecule has 1 amide bonds. The molecule has 0 bridgehead atoms. The Morgan fingerprint density at radius 1 is 1.24 bits per heavy atom. The van der Waals surface area contributed by atoms with Crippen molar-refractivity contribution < 1.29 is 4.79 Å². The lowest BCUT2D eigenvalue weighted by molar-refractivity contribution is -0.117. The van der Waals surface area contributed by atoms with Gasteiger partial charge in [0.05, 0.1) is 6.54 Å². The predicted octanol–water partition coefficient (Wildman–Crippen LogP) is 3.53. The molecule has 0 aromatic heterocycles. The minimum atomic E-state index is 0. The lowest BCUT2D eigenvalue weighted by atomic mass is 10.1. The molecule has 0 aliphatic carbocycles. The third-order valence-electron chi connectivity index (χ3n) is 4.10. The molecule has 0 unspecified atom stereocenters. The highest BCUT2D eigenvalue weighted by molar-refractivity contribution is 14.0. The van der Waals surface area contributed by atoms with Gasteiger partial charge < -0.3 is 15.5 Å². The van der Waals surface area contributed by atoms with Crippen LogP contribution in [0, 0.1) is 5.92 Å². The number of nitrogens with zero attached hydrogens (tertiary/aromatic N) is 2. The molecule has 1 heterocycles. The van der Waals surface area contributed by atoms with Crippen molar-refractivity contribution in [1.29, 1.82) is 0 Å². The molecule has 25 heavy (non-hydrogen) atoms. The zero-order valence-electron chi connectivity index (χ0n) is 15.5. The summed E-state index contributed by atoms with van der Waals surface area (Å²) >= 11 is 0. The van der Waals surface area contributed by atoms with E-state index in [1.54, 1.807) is 0 Å². The average Bonchev–Trinajstić information content (AvgIpc) is 2.99. The van der Waals surface area contributed by atoms with E-state index in [0.717, 1.165) is 49.7 Å². The second kappa shape index (κ2) is 11.3. The molecule has 0 atom stereocenters. The molecule has 5 nitrogen and oxygen atoms in total. The van der Waals surface area contributed by atoms with Crippen molar-refractivity contribution >= 4 is 41.5 Å². The van der Waals surface area contributed by atoms with E-state index in [-0.39, 0.29) is 29.9 Å². The number of carbonyl (C=O) groups excluding carboxylic acids is 1. The summed E-state index contributed by atoms with van der Waals surface area (Å²) in [5.74, 6) is 1.77. The fraction of sp³-hybridized carbons (Fsp3) is 0.579. The van der Waals surface area contributed by atoms with E-state index in [9.17, 15) is 4.79 Å². The topological polar surface area (TPSA) is 56.7 Å². The van der Waals surface area contributed by atoms with Gasteiger partial charge in [-0.25, -0.2) is 4.99 Å². The highest BCUT2D eigenvalue weighted by atomic mass is 127. The Kier molecular flexibility index (Phi) is 9.85. The summed E-state index contributed by atoms with van der Waals surface area (Å²) in [7, 11) is 0. The molecule has 1 fully saturated rings. The maximum absolute atomic E-state index is 11.8. The number of hydrogen-bond acceptors (Lipinski definition) is 2. The molecule has 0 saturated carbocycles. The van der Waals surface area contributed by atoms with Crippen molar-refractivity contribution in [1.82, 2.24) is 10.6 Å². The zero-order chi connectivity index (χ0) is 17.4. The van der Waals surface area contributed by atoms with E-state index in [2.05, 4.69) is 48.5 Å². The van der Waals surface area contributed by atoms with E-state index in [1.807, 2.05) is 17.0 Å². The van der Waals surface area contributed by atoms with Crippen LogP contribution >= 0.6 is 24.0 Å². The van der Waals surface area contributed by atoms with Crippen molar-refractivity contribution in [3.8, 4) is 0 Å². The highest BCUT2D eigenvalue weighted by Gasteiger charge is 2.21. The maximum Gasteiger partial charge on any atom is 0.227 e. The maximum atomic E-state index is 11.8. The second-order valence-corrected chi connectivity index (χ2v) is 6.62. The summed E-state index contributed by atoms with van der Waals surface area (Å²) in [5, 5.41) is 6.64. The van der Waals surface area contributed by atoms with Crippen LogP contribution in [0.15, 0.2) is 29.3 Å². The van der Waals surface area contributed by atoms with E-state index < -0.39 is 0 Å². The van der Waals surface area contributed by atoms with Crippen LogP contribution in [-0.4, -0.2) is 31.5 Å². The number of halogens is 1. The molecule has 0 radical (unpaired) electrons. The van der Waals surface area contributed by atoms with Crippen LogP contribution < -0.4 is 15.5 Å². The Morgan fingerprint density at radius 3 is 2.52 bits per heavy atom. The van der Waals surface area contributed by atoms with Gasteiger partial charge in [0.2, 0.25) is 5.91 Å². The van der Waals surface area contributed by atoms with Gasteiger partial charge in [-0.3, -0.25) is 4.79 Å². The minimum absolute atomic E-state index is 0. The number of aliphatic imine (C=N–C) groups is 1. The lowest BCUT2D eigenvalue weighted by Crippen LogP contribution is -2.38. The Labute approximate surface area is 168 Å². The highest BCUT2D eigenvalue weighted by Crippen LogP contribution is 2.21. The van der Waals surface area contributed by atoms with Gasteiger partial charge in [0.1, 0.15) is 0 Å². The Bertz CT molecular complexity index is 557. The van der Waals surface area contributed by atoms with E-state index in [4.69, 9.17) is 0 Å². The van der Waals surface area contributed by atoms with Crippen molar-refractivity contribution in [3.05, 3.63) is 29.8 Å².